The molecule has 30 heavy (non-hydrogen) atoms. The molecule has 0 unspecified atom stereocenters. The average molecular weight is 428 g/mol. The van der Waals surface area contributed by atoms with Crippen LogP contribution in [0.4, 0.5) is 0 Å². The number of imidazole rings is 1. The van der Waals surface area contributed by atoms with E-state index in [0.717, 1.165) is 29.7 Å². The van der Waals surface area contributed by atoms with E-state index in [4.69, 9.17) is 26.1 Å². The van der Waals surface area contributed by atoms with Crippen LogP contribution in [0.3, 0.4) is 0 Å². The first-order valence-electron chi connectivity index (χ1n) is 10.2. The fourth-order valence-corrected chi connectivity index (χ4v) is 4.09. The Morgan fingerprint density at radius 3 is 2.87 bits per heavy atom. The van der Waals surface area contributed by atoms with Crippen molar-refractivity contribution in [2.75, 3.05) is 20.3 Å². The second kappa shape index (κ2) is 8.56. The molecule has 1 aliphatic heterocycles. The molecule has 2 aromatic carbocycles. The summed E-state index contributed by atoms with van der Waals surface area (Å²) < 4.78 is 11.3. The predicted molar refractivity (Wildman–Crippen MR) is 117 cm³/mol. The lowest BCUT2D eigenvalue weighted by molar-refractivity contribution is 0.0730. The van der Waals surface area contributed by atoms with Crippen LogP contribution in [-0.4, -0.2) is 41.0 Å². The van der Waals surface area contributed by atoms with E-state index >= 15 is 0 Å². The molecule has 0 radical (unpaired) electrons. The average Bonchev–Trinajstić information content (AvgIpc) is 3.38. The molecule has 1 atom stereocenters. The van der Waals surface area contributed by atoms with Crippen LogP contribution in [0.15, 0.2) is 36.4 Å². The molecule has 1 aromatic heterocycles. The molecular formula is C23H26ClN3O3. The Labute approximate surface area is 181 Å². The molecular weight excluding hydrogens is 402 g/mol. The molecule has 7 heteroatoms. The van der Waals surface area contributed by atoms with Gasteiger partial charge >= 0.3 is 0 Å². The first-order valence-corrected chi connectivity index (χ1v) is 10.6. The smallest absolute Gasteiger partial charge is 0.254 e. The van der Waals surface area contributed by atoms with E-state index in [9.17, 15) is 4.79 Å². The monoisotopic (exact) mass is 427 g/mol. The van der Waals surface area contributed by atoms with E-state index < -0.39 is 0 Å². The predicted octanol–water partition coefficient (Wildman–Crippen LogP) is 5.24. The fourth-order valence-electron chi connectivity index (χ4n) is 3.82. The Kier molecular flexibility index (Phi) is 5.86. The normalized spacial score (nSPS) is 16.4. The highest BCUT2D eigenvalue weighted by Gasteiger charge is 2.33. The van der Waals surface area contributed by atoms with E-state index in [1.54, 1.807) is 19.2 Å². The number of rotatable bonds is 6. The number of hydrogen-bond acceptors (Lipinski definition) is 4. The number of carbonyl (C=O) groups excluding carboxylic acids is 1. The molecule has 1 saturated heterocycles. The van der Waals surface area contributed by atoms with Gasteiger partial charge in [0.2, 0.25) is 0 Å². The van der Waals surface area contributed by atoms with Crippen molar-refractivity contribution >= 4 is 28.5 Å². The minimum Gasteiger partial charge on any atom is -0.493 e. The number of nitrogens with zero attached hydrogens (tertiary/aromatic N) is 2. The molecule has 4 rings (SSSR count). The Morgan fingerprint density at radius 1 is 1.33 bits per heavy atom. The Hall–Kier alpha value is -2.73. The molecule has 0 aliphatic carbocycles. The quantitative estimate of drug-likeness (QED) is 0.584. The van der Waals surface area contributed by atoms with E-state index in [2.05, 4.69) is 18.8 Å². The van der Waals surface area contributed by atoms with Crippen molar-refractivity contribution in [3.63, 3.8) is 0 Å². The number of para-hydroxylation sites is 2. The minimum atomic E-state index is -0.0912. The Bertz CT molecular complexity index is 1030. The molecule has 0 saturated carbocycles. The van der Waals surface area contributed by atoms with Crippen LogP contribution < -0.4 is 9.47 Å². The largest absolute Gasteiger partial charge is 0.493 e. The van der Waals surface area contributed by atoms with Gasteiger partial charge in [-0.05, 0) is 43.0 Å². The lowest BCUT2D eigenvalue weighted by Gasteiger charge is -2.24. The summed E-state index contributed by atoms with van der Waals surface area (Å²) in [6.45, 7) is 5.31. The van der Waals surface area contributed by atoms with Crippen LogP contribution in [-0.2, 0) is 0 Å². The Morgan fingerprint density at radius 2 is 2.13 bits per heavy atom. The van der Waals surface area contributed by atoms with Gasteiger partial charge in [0.25, 0.3) is 5.91 Å². The van der Waals surface area contributed by atoms with Crippen LogP contribution >= 0.6 is 11.6 Å². The maximum absolute atomic E-state index is 13.4. The highest BCUT2D eigenvalue weighted by atomic mass is 35.5. The van der Waals surface area contributed by atoms with Gasteiger partial charge in [0, 0.05) is 12.1 Å². The summed E-state index contributed by atoms with van der Waals surface area (Å²) in [5, 5.41) is 0.373. The number of hydrogen-bond donors (Lipinski definition) is 1. The zero-order chi connectivity index (χ0) is 21.3. The van der Waals surface area contributed by atoms with Gasteiger partial charge in [-0.3, -0.25) is 4.79 Å². The van der Waals surface area contributed by atoms with Crippen molar-refractivity contribution in [1.29, 1.82) is 0 Å². The number of ether oxygens (including phenoxy) is 2. The second-order valence-corrected chi connectivity index (χ2v) is 8.40. The van der Waals surface area contributed by atoms with Gasteiger partial charge < -0.3 is 19.4 Å². The lowest BCUT2D eigenvalue weighted by atomic mass is 10.1. The number of H-pyrrole nitrogens is 1. The first-order chi connectivity index (χ1) is 14.5. The lowest BCUT2D eigenvalue weighted by Crippen LogP contribution is -2.31. The number of aromatic amines is 1. The standard InChI is InChI=1S/C23H26ClN3O3/c1-14(2)13-30-21-16(24)11-15(12-20(21)29-3)23(28)27-10-6-9-19(27)22-25-17-7-4-5-8-18(17)26-22/h4-5,7-8,11-12,14,19H,6,9-10,13H2,1-3H3,(H,25,26)/t19-/m1/s1. The van der Waals surface area contributed by atoms with Gasteiger partial charge in [-0.2, -0.15) is 0 Å². The third-order valence-electron chi connectivity index (χ3n) is 5.27. The van der Waals surface area contributed by atoms with E-state index in [-0.39, 0.29) is 11.9 Å². The van der Waals surface area contributed by atoms with Gasteiger partial charge in [0.15, 0.2) is 11.5 Å². The van der Waals surface area contributed by atoms with E-state index in [0.29, 0.717) is 41.2 Å². The van der Waals surface area contributed by atoms with Crippen LogP contribution in [0, 0.1) is 5.92 Å². The van der Waals surface area contributed by atoms with Crippen LogP contribution in [0.5, 0.6) is 11.5 Å². The summed E-state index contributed by atoms with van der Waals surface area (Å²) in [4.78, 5) is 23.3. The molecule has 2 heterocycles. The molecule has 6 nitrogen and oxygen atoms in total. The molecule has 1 N–H and O–H groups in total. The number of halogens is 1. The maximum atomic E-state index is 13.4. The maximum Gasteiger partial charge on any atom is 0.254 e. The molecule has 158 valence electrons. The van der Waals surface area contributed by atoms with Crippen molar-refractivity contribution in [2.24, 2.45) is 5.92 Å². The van der Waals surface area contributed by atoms with Gasteiger partial charge in [-0.1, -0.05) is 37.6 Å². The highest BCUT2D eigenvalue weighted by Crippen LogP contribution is 2.39. The number of fused-ring (bicyclic) bond motifs is 1. The number of benzene rings is 2. The van der Waals surface area contributed by atoms with Gasteiger partial charge in [0.1, 0.15) is 5.82 Å². The topological polar surface area (TPSA) is 67.5 Å². The molecule has 1 fully saturated rings. The molecule has 1 amide bonds. The van der Waals surface area contributed by atoms with Gasteiger partial charge in [0.05, 0.1) is 35.8 Å². The molecule has 1 aliphatic rings. The van der Waals surface area contributed by atoms with Crippen molar-refractivity contribution in [3.8, 4) is 11.5 Å². The van der Waals surface area contributed by atoms with Crippen LogP contribution in [0.1, 0.15) is 48.9 Å². The van der Waals surface area contributed by atoms with Gasteiger partial charge in [-0.15, -0.1) is 0 Å². The Balaban J connectivity index is 1.62. The number of amides is 1. The first kappa shape index (κ1) is 20.5. The number of aromatic nitrogens is 2. The summed E-state index contributed by atoms with van der Waals surface area (Å²) >= 11 is 6.46. The minimum absolute atomic E-state index is 0.0893. The van der Waals surface area contributed by atoms with Gasteiger partial charge in [-0.25, -0.2) is 4.98 Å². The molecule has 0 spiro atoms. The second-order valence-electron chi connectivity index (χ2n) is 7.99. The van der Waals surface area contributed by atoms with Crippen LogP contribution in [0.25, 0.3) is 11.0 Å². The summed E-state index contributed by atoms with van der Waals surface area (Å²) in [5.74, 6) is 2.01. The van der Waals surface area contributed by atoms with Crippen molar-refractivity contribution in [1.82, 2.24) is 14.9 Å². The SMILES string of the molecule is COc1cc(C(=O)N2CCC[C@@H]2c2nc3ccccc3[nH]2)cc(Cl)c1OCC(C)C. The summed E-state index contributed by atoms with van der Waals surface area (Å²) in [7, 11) is 1.55. The number of likely N-dealkylation sites (tertiary alicyclic amines) is 1. The van der Waals surface area contributed by atoms with Crippen molar-refractivity contribution < 1.29 is 14.3 Å². The zero-order valence-corrected chi connectivity index (χ0v) is 18.2. The van der Waals surface area contributed by atoms with Crippen molar-refractivity contribution in [3.05, 3.63) is 52.8 Å². The summed E-state index contributed by atoms with van der Waals surface area (Å²) in [6.07, 6.45) is 1.79. The number of nitrogens with one attached hydrogen (secondary N) is 1. The number of carbonyl (C=O) groups is 1. The molecule has 0 bridgehead atoms. The molecule has 3 aromatic rings. The highest BCUT2D eigenvalue weighted by molar-refractivity contribution is 6.32. The fraction of sp³-hybridized carbons (Fsp3) is 0.391. The van der Waals surface area contributed by atoms with E-state index in [1.807, 2.05) is 29.2 Å². The third-order valence-corrected chi connectivity index (χ3v) is 5.56. The third kappa shape index (κ3) is 3.97. The van der Waals surface area contributed by atoms with Crippen molar-refractivity contribution in [2.45, 2.75) is 32.7 Å². The number of methoxy groups -OCH3 is 1. The summed E-state index contributed by atoms with van der Waals surface area (Å²) in [5.41, 5.74) is 2.36. The van der Waals surface area contributed by atoms with Crippen LogP contribution in [0.2, 0.25) is 5.02 Å². The summed E-state index contributed by atoms with van der Waals surface area (Å²) in [6, 6.07) is 11.2. The zero-order valence-electron chi connectivity index (χ0n) is 17.4. The van der Waals surface area contributed by atoms with E-state index in [1.165, 1.54) is 0 Å².